The van der Waals surface area contributed by atoms with E-state index in [1.165, 1.54) is 24.8 Å². The van der Waals surface area contributed by atoms with Gasteiger partial charge in [-0.05, 0) is 56.3 Å². The molecule has 5 atom stereocenters. The van der Waals surface area contributed by atoms with E-state index in [0.29, 0.717) is 24.2 Å². The molecule has 3 aliphatic rings. The average molecular weight is 346 g/mol. The zero-order valence-electron chi connectivity index (χ0n) is 14.9. The smallest absolute Gasteiger partial charge is 0.303 e. The Morgan fingerprint density at radius 2 is 1.96 bits per heavy atom. The van der Waals surface area contributed by atoms with Crippen LogP contribution in [-0.4, -0.2) is 33.5 Å². The van der Waals surface area contributed by atoms with E-state index in [9.17, 15) is 15.0 Å². The molecular formula is C21H30O4. The molecule has 0 spiro atoms. The van der Waals surface area contributed by atoms with E-state index in [-0.39, 0.29) is 12.3 Å². The van der Waals surface area contributed by atoms with Gasteiger partial charge >= 0.3 is 5.97 Å². The highest BCUT2D eigenvalue weighted by atomic mass is 16.4. The fraction of sp³-hybridized carbons (Fsp3) is 0.762. The molecule has 0 aromatic heterocycles. The van der Waals surface area contributed by atoms with Crippen molar-refractivity contribution in [3.8, 4) is 11.8 Å². The summed E-state index contributed by atoms with van der Waals surface area (Å²) in [5.41, 5.74) is 1.35. The van der Waals surface area contributed by atoms with Gasteiger partial charge in [-0.3, -0.25) is 4.79 Å². The van der Waals surface area contributed by atoms with Crippen LogP contribution in [0.1, 0.15) is 64.2 Å². The number of aliphatic hydroxyl groups is 2. The van der Waals surface area contributed by atoms with E-state index < -0.39 is 18.2 Å². The van der Waals surface area contributed by atoms with Gasteiger partial charge in [0.05, 0.1) is 12.0 Å². The third kappa shape index (κ3) is 4.46. The predicted molar refractivity (Wildman–Crippen MR) is 95.6 cm³/mol. The highest BCUT2D eigenvalue weighted by molar-refractivity contribution is 5.66. The third-order valence-electron chi connectivity index (χ3n) is 6.37. The van der Waals surface area contributed by atoms with Gasteiger partial charge in [-0.15, -0.1) is 0 Å². The average Bonchev–Trinajstić information content (AvgIpc) is 2.59. The number of hydrogen-bond donors (Lipinski definition) is 3. The second-order valence-corrected chi connectivity index (χ2v) is 7.99. The lowest BCUT2D eigenvalue weighted by molar-refractivity contribution is -0.136. The molecule has 138 valence electrons. The van der Waals surface area contributed by atoms with Crippen LogP contribution in [0.5, 0.6) is 0 Å². The van der Waals surface area contributed by atoms with Crippen molar-refractivity contribution in [2.75, 3.05) is 0 Å². The number of carboxylic acid groups (broad SMARTS) is 1. The minimum atomic E-state index is -0.757. The van der Waals surface area contributed by atoms with Crippen molar-refractivity contribution >= 4 is 5.97 Å². The van der Waals surface area contributed by atoms with Crippen LogP contribution in [0.2, 0.25) is 0 Å². The minimum absolute atomic E-state index is 0.0476. The Morgan fingerprint density at radius 1 is 1.20 bits per heavy atom. The van der Waals surface area contributed by atoms with Gasteiger partial charge in [-0.1, -0.05) is 42.8 Å². The Balaban J connectivity index is 1.58. The lowest BCUT2D eigenvalue weighted by Crippen LogP contribution is -2.44. The summed E-state index contributed by atoms with van der Waals surface area (Å²) in [7, 11) is 0. The van der Waals surface area contributed by atoms with Gasteiger partial charge in [0.1, 0.15) is 6.10 Å². The molecule has 4 heteroatoms. The molecule has 0 radical (unpaired) electrons. The lowest BCUT2D eigenvalue weighted by Gasteiger charge is -2.48. The third-order valence-corrected chi connectivity index (χ3v) is 6.37. The largest absolute Gasteiger partial charge is 0.481 e. The summed E-state index contributed by atoms with van der Waals surface area (Å²) in [6, 6.07) is 0. The van der Waals surface area contributed by atoms with Crippen molar-refractivity contribution < 1.29 is 20.1 Å². The number of rotatable bonds is 4. The number of aliphatic hydroxyl groups excluding tert-OH is 2. The Bertz CT molecular complexity index is 564. The Hall–Kier alpha value is -1.31. The number of hydrogen-bond acceptors (Lipinski definition) is 3. The molecule has 4 nitrogen and oxygen atoms in total. The van der Waals surface area contributed by atoms with Gasteiger partial charge in [0.15, 0.2) is 0 Å². The summed E-state index contributed by atoms with van der Waals surface area (Å²) in [6.07, 6.45) is 10.3. The minimum Gasteiger partial charge on any atom is -0.481 e. The number of fused-ring (bicyclic) bond motifs is 1. The van der Waals surface area contributed by atoms with Crippen LogP contribution in [0, 0.1) is 35.5 Å². The van der Waals surface area contributed by atoms with Gasteiger partial charge in [0.2, 0.25) is 0 Å². The summed E-state index contributed by atoms with van der Waals surface area (Å²) >= 11 is 0. The maximum atomic E-state index is 10.6. The topological polar surface area (TPSA) is 77.8 Å². The fourth-order valence-corrected chi connectivity index (χ4v) is 4.84. The standard InChI is InChI=1S/C21H30O4/c22-19(14-5-2-1-3-6-14)11-10-17-18-13-15(7-4-8-21(24)25)16(18)9-12-20(17)23/h7,14,16-20,22-23H,1-6,8-9,12-13H2,(H,24,25)/b15-7+/t16-,17?,18+,19?,20-/m1/s1. The van der Waals surface area contributed by atoms with E-state index in [1.807, 2.05) is 0 Å². The maximum Gasteiger partial charge on any atom is 0.303 e. The van der Waals surface area contributed by atoms with Crippen LogP contribution in [0.25, 0.3) is 0 Å². The van der Waals surface area contributed by atoms with E-state index in [4.69, 9.17) is 5.11 Å². The highest BCUT2D eigenvalue weighted by Gasteiger charge is 2.46. The molecule has 2 unspecified atom stereocenters. The van der Waals surface area contributed by atoms with Gasteiger partial charge in [-0.2, -0.15) is 0 Å². The Labute approximate surface area is 150 Å². The van der Waals surface area contributed by atoms with Crippen LogP contribution >= 0.6 is 0 Å². The second kappa shape index (κ2) is 8.38. The summed E-state index contributed by atoms with van der Waals surface area (Å²) in [5.74, 6) is 6.59. The molecule has 3 aliphatic carbocycles. The number of allylic oxidation sites excluding steroid dienone is 2. The molecular weight excluding hydrogens is 316 g/mol. The predicted octanol–water partition coefficient (Wildman–Crippen LogP) is 3.13. The zero-order valence-corrected chi connectivity index (χ0v) is 14.9. The monoisotopic (exact) mass is 346 g/mol. The first-order valence-corrected chi connectivity index (χ1v) is 9.84. The molecule has 3 fully saturated rings. The molecule has 0 bridgehead atoms. The van der Waals surface area contributed by atoms with Crippen LogP contribution < -0.4 is 0 Å². The van der Waals surface area contributed by atoms with Gasteiger partial charge in [-0.25, -0.2) is 0 Å². The normalized spacial score (nSPS) is 35.2. The molecule has 0 aliphatic heterocycles. The highest BCUT2D eigenvalue weighted by Crippen LogP contribution is 2.51. The number of carboxylic acids is 1. The van der Waals surface area contributed by atoms with Crippen molar-refractivity contribution in [2.45, 2.75) is 76.4 Å². The van der Waals surface area contributed by atoms with Crippen molar-refractivity contribution in [3.63, 3.8) is 0 Å². The van der Waals surface area contributed by atoms with Crippen LogP contribution in [0.4, 0.5) is 0 Å². The van der Waals surface area contributed by atoms with Crippen molar-refractivity contribution in [1.29, 1.82) is 0 Å². The van der Waals surface area contributed by atoms with Crippen molar-refractivity contribution in [2.24, 2.45) is 23.7 Å². The van der Waals surface area contributed by atoms with E-state index in [0.717, 1.165) is 32.1 Å². The molecule has 0 amide bonds. The van der Waals surface area contributed by atoms with Gasteiger partial charge < -0.3 is 15.3 Å². The molecule has 0 saturated heterocycles. The molecule has 25 heavy (non-hydrogen) atoms. The molecule has 0 heterocycles. The van der Waals surface area contributed by atoms with Gasteiger partial charge in [0.25, 0.3) is 0 Å². The van der Waals surface area contributed by atoms with Crippen molar-refractivity contribution in [3.05, 3.63) is 11.6 Å². The molecule has 3 N–H and O–H groups in total. The molecule has 0 aromatic carbocycles. The first-order valence-electron chi connectivity index (χ1n) is 9.84. The molecule has 3 saturated carbocycles. The van der Waals surface area contributed by atoms with Crippen LogP contribution in [0.15, 0.2) is 11.6 Å². The zero-order chi connectivity index (χ0) is 17.8. The Kier molecular flexibility index (Phi) is 6.19. The summed E-state index contributed by atoms with van der Waals surface area (Å²) in [4.78, 5) is 10.6. The number of carbonyl (C=O) groups is 1. The van der Waals surface area contributed by atoms with Crippen molar-refractivity contribution in [1.82, 2.24) is 0 Å². The lowest BCUT2D eigenvalue weighted by atomic mass is 9.57. The quantitative estimate of drug-likeness (QED) is 0.540. The van der Waals surface area contributed by atoms with E-state index in [1.54, 1.807) is 0 Å². The molecule has 3 rings (SSSR count). The van der Waals surface area contributed by atoms with Crippen LogP contribution in [-0.2, 0) is 4.79 Å². The summed E-state index contributed by atoms with van der Waals surface area (Å²) < 4.78 is 0. The first-order chi connectivity index (χ1) is 12.1. The second-order valence-electron chi connectivity index (χ2n) is 7.99. The van der Waals surface area contributed by atoms with E-state index >= 15 is 0 Å². The Morgan fingerprint density at radius 3 is 2.68 bits per heavy atom. The maximum absolute atomic E-state index is 10.6. The number of aliphatic carboxylic acids is 1. The summed E-state index contributed by atoms with van der Waals surface area (Å²) in [5, 5.41) is 29.5. The summed E-state index contributed by atoms with van der Waals surface area (Å²) in [6.45, 7) is 0. The molecule has 0 aromatic rings. The fourth-order valence-electron chi connectivity index (χ4n) is 4.84. The first kappa shape index (κ1) is 18.5. The van der Waals surface area contributed by atoms with Gasteiger partial charge in [0, 0.05) is 6.42 Å². The van der Waals surface area contributed by atoms with Crippen LogP contribution in [0.3, 0.4) is 0 Å². The van der Waals surface area contributed by atoms with E-state index in [2.05, 4.69) is 17.9 Å². The SMILES string of the molecule is O=C(O)CC/C=C1\C[C@@H]2C(C#CC(O)C3CCCCC3)[C@H](O)CC[C@H]12.